The predicted octanol–water partition coefficient (Wildman–Crippen LogP) is 3.52. The van der Waals surface area contributed by atoms with Crippen molar-refractivity contribution >= 4 is 5.91 Å². The molecule has 1 saturated heterocycles. The molecule has 5 nitrogen and oxygen atoms in total. The average Bonchev–Trinajstić information content (AvgIpc) is 2.83. The van der Waals surface area contributed by atoms with Crippen LogP contribution < -0.4 is 5.32 Å². The van der Waals surface area contributed by atoms with Gasteiger partial charge in [-0.15, -0.1) is 0 Å². The summed E-state index contributed by atoms with van der Waals surface area (Å²) in [5.41, 5.74) is 3.52. The van der Waals surface area contributed by atoms with E-state index in [9.17, 15) is 4.79 Å². The lowest BCUT2D eigenvalue weighted by atomic mass is 10.0. The van der Waals surface area contributed by atoms with Gasteiger partial charge in [-0.3, -0.25) is 14.6 Å². The third-order valence-corrected chi connectivity index (χ3v) is 6.35. The molecule has 1 amide bonds. The molecule has 1 N–H and O–H groups in total. The van der Waals surface area contributed by atoms with Crippen molar-refractivity contribution in [3.63, 3.8) is 0 Å². The number of hydrogen-bond acceptors (Lipinski definition) is 4. The minimum atomic E-state index is -0.253. The summed E-state index contributed by atoms with van der Waals surface area (Å²) in [5.74, 6) is 0.0628. The number of amides is 1. The summed E-state index contributed by atoms with van der Waals surface area (Å²) in [6.07, 6.45) is 0. The first-order valence-corrected chi connectivity index (χ1v) is 11.7. The summed E-state index contributed by atoms with van der Waals surface area (Å²) >= 11 is 0. The molecule has 0 aromatic heterocycles. The van der Waals surface area contributed by atoms with Crippen molar-refractivity contribution < 1.29 is 4.79 Å². The molecule has 168 valence electrons. The number of nitrogens with one attached hydrogen (secondary N) is 1. The first-order valence-electron chi connectivity index (χ1n) is 11.7. The number of piperazine rings is 1. The third kappa shape index (κ3) is 6.63. The molecule has 31 heavy (non-hydrogen) atoms. The zero-order valence-corrected chi connectivity index (χ0v) is 19.4. The summed E-state index contributed by atoms with van der Waals surface area (Å²) in [4.78, 5) is 20.3. The fraction of sp³-hybridized carbons (Fsp3) is 0.500. The summed E-state index contributed by atoms with van der Waals surface area (Å²) in [7, 11) is 0. The lowest BCUT2D eigenvalue weighted by Gasteiger charge is -2.34. The van der Waals surface area contributed by atoms with E-state index in [2.05, 4.69) is 65.1 Å². The maximum absolute atomic E-state index is 13.1. The standard InChI is InChI=1S/C26H38N4O/c1-4-28-16-18-29(19-17-28)21-23-14-12-22(13-15-23)20-27-26(31)25(30(5-2)6-3)24-10-8-7-9-11-24/h7-15,25H,4-6,16-21H2,1-3H3,(H,27,31). The lowest BCUT2D eigenvalue weighted by molar-refractivity contribution is -0.126. The van der Waals surface area contributed by atoms with E-state index in [1.807, 2.05) is 30.3 Å². The molecule has 0 radical (unpaired) electrons. The van der Waals surface area contributed by atoms with E-state index >= 15 is 0 Å². The number of rotatable bonds is 10. The van der Waals surface area contributed by atoms with Gasteiger partial charge in [-0.25, -0.2) is 0 Å². The Bertz CT molecular complexity index is 781. The smallest absolute Gasteiger partial charge is 0.242 e. The van der Waals surface area contributed by atoms with Crippen LogP contribution in [-0.2, 0) is 17.9 Å². The van der Waals surface area contributed by atoms with Gasteiger partial charge < -0.3 is 10.2 Å². The van der Waals surface area contributed by atoms with Crippen molar-refractivity contribution in [1.29, 1.82) is 0 Å². The first kappa shape index (κ1) is 23.5. The van der Waals surface area contributed by atoms with E-state index < -0.39 is 0 Å². The number of carbonyl (C=O) groups excluding carboxylic acids is 1. The molecule has 5 heteroatoms. The maximum atomic E-state index is 13.1. The zero-order valence-electron chi connectivity index (χ0n) is 19.4. The fourth-order valence-electron chi connectivity index (χ4n) is 4.32. The summed E-state index contributed by atoms with van der Waals surface area (Å²) < 4.78 is 0. The Morgan fingerprint density at radius 2 is 1.45 bits per heavy atom. The van der Waals surface area contributed by atoms with Crippen LogP contribution in [0, 0.1) is 0 Å². The van der Waals surface area contributed by atoms with Gasteiger partial charge in [0.2, 0.25) is 5.91 Å². The van der Waals surface area contributed by atoms with Crippen molar-refractivity contribution in [3.05, 3.63) is 71.3 Å². The molecule has 1 aliphatic rings. The monoisotopic (exact) mass is 422 g/mol. The second kappa shape index (κ2) is 12.0. The molecule has 0 saturated carbocycles. The van der Waals surface area contributed by atoms with Crippen LogP contribution in [-0.4, -0.2) is 66.4 Å². The Labute approximate surface area is 188 Å². The number of nitrogens with zero attached hydrogens (tertiary/aromatic N) is 3. The Morgan fingerprint density at radius 3 is 2.03 bits per heavy atom. The second-order valence-corrected chi connectivity index (χ2v) is 8.28. The van der Waals surface area contributed by atoms with E-state index in [0.717, 1.165) is 63.5 Å². The van der Waals surface area contributed by atoms with Gasteiger partial charge in [0.1, 0.15) is 6.04 Å². The molecule has 1 atom stereocenters. The van der Waals surface area contributed by atoms with Gasteiger partial charge in [0.25, 0.3) is 0 Å². The molecule has 2 aromatic carbocycles. The Morgan fingerprint density at radius 1 is 0.871 bits per heavy atom. The van der Waals surface area contributed by atoms with Gasteiger partial charge in [-0.05, 0) is 36.3 Å². The highest BCUT2D eigenvalue weighted by Gasteiger charge is 2.25. The van der Waals surface area contributed by atoms with Crippen LogP contribution in [0.15, 0.2) is 54.6 Å². The van der Waals surface area contributed by atoms with Crippen molar-refractivity contribution in [2.24, 2.45) is 0 Å². The minimum Gasteiger partial charge on any atom is -0.350 e. The fourth-order valence-corrected chi connectivity index (χ4v) is 4.32. The molecular formula is C26H38N4O. The van der Waals surface area contributed by atoms with E-state index in [0.29, 0.717) is 6.54 Å². The minimum absolute atomic E-state index is 0.0628. The van der Waals surface area contributed by atoms with Crippen LogP contribution in [0.3, 0.4) is 0 Å². The summed E-state index contributed by atoms with van der Waals surface area (Å²) in [6, 6.07) is 18.5. The molecule has 0 bridgehead atoms. The number of carbonyl (C=O) groups is 1. The van der Waals surface area contributed by atoms with Crippen LogP contribution in [0.5, 0.6) is 0 Å². The predicted molar refractivity (Wildman–Crippen MR) is 128 cm³/mol. The molecule has 1 fully saturated rings. The quantitative estimate of drug-likeness (QED) is 0.636. The number of likely N-dealkylation sites (N-methyl/N-ethyl adjacent to an activating group) is 2. The highest BCUT2D eigenvalue weighted by atomic mass is 16.2. The SMILES string of the molecule is CCN1CCN(Cc2ccc(CNC(=O)C(c3ccccc3)N(CC)CC)cc2)CC1. The highest BCUT2D eigenvalue weighted by Crippen LogP contribution is 2.21. The van der Waals surface area contributed by atoms with Gasteiger partial charge >= 0.3 is 0 Å². The third-order valence-electron chi connectivity index (χ3n) is 6.35. The highest BCUT2D eigenvalue weighted by molar-refractivity contribution is 5.83. The van der Waals surface area contributed by atoms with Gasteiger partial charge in [-0.1, -0.05) is 75.4 Å². The molecular weight excluding hydrogens is 384 g/mol. The van der Waals surface area contributed by atoms with E-state index in [4.69, 9.17) is 0 Å². The van der Waals surface area contributed by atoms with Crippen LogP contribution in [0.1, 0.15) is 43.5 Å². The van der Waals surface area contributed by atoms with Crippen molar-refractivity contribution in [2.75, 3.05) is 45.8 Å². The largest absolute Gasteiger partial charge is 0.350 e. The van der Waals surface area contributed by atoms with Crippen LogP contribution >= 0.6 is 0 Å². The number of benzene rings is 2. The van der Waals surface area contributed by atoms with Gasteiger partial charge in [-0.2, -0.15) is 0 Å². The van der Waals surface area contributed by atoms with E-state index in [1.54, 1.807) is 0 Å². The van der Waals surface area contributed by atoms with Crippen molar-refractivity contribution in [2.45, 2.75) is 39.9 Å². The van der Waals surface area contributed by atoms with Gasteiger partial charge in [0.05, 0.1) is 0 Å². The Kier molecular flexibility index (Phi) is 9.07. The molecule has 1 aliphatic heterocycles. The number of hydrogen-bond donors (Lipinski definition) is 1. The molecule has 0 spiro atoms. The molecule has 2 aromatic rings. The van der Waals surface area contributed by atoms with Crippen LogP contribution in [0.25, 0.3) is 0 Å². The van der Waals surface area contributed by atoms with Crippen molar-refractivity contribution in [3.8, 4) is 0 Å². The summed E-state index contributed by atoms with van der Waals surface area (Å²) in [5, 5.41) is 3.16. The molecule has 1 heterocycles. The molecule has 1 unspecified atom stereocenters. The van der Waals surface area contributed by atoms with Crippen molar-refractivity contribution in [1.82, 2.24) is 20.0 Å². The normalized spacial score (nSPS) is 16.4. The van der Waals surface area contributed by atoms with Crippen LogP contribution in [0.4, 0.5) is 0 Å². The molecule has 3 rings (SSSR count). The second-order valence-electron chi connectivity index (χ2n) is 8.28. The Balaban J connectivity index is 1.55. The maximum Gasteiger partial charge on any atom is 0.242 e. The topological polar surface area (TPSA) is 38.8 Å². The van der Waals surface area contributed by atoms with E-state index in [-0.39, 0.29) is 11.9 Å². The Hall–Kier alpha value is -2.21. The zero-order chi connectivity index (χ0) is 22.1. The average molecular weight is 423 g/mol. The molecule has 0 aliphatic carbocycles. The van der Waals surface area contributed by atoms with Gasteiger partial charge in [0.15, 0.2) is 0 Å². The lowest BCUT2D eigenvalue weighted by Crippen LogP contribution is -2.45. The first-order chi connectivity index (χ1) is 15.1. The van der Waals surface area contributed by atoms with Gasteiger partial charge in [0, 0.05) is 39.3 Å². The summed E-state index contributed by atoms with van der Waals surface area (Å²) in [6.45, 7) is 15.4. The van der Waals surface area contributed by atoms with E-state index in [1.165, 1.54) is 5.56 Å². The van der Waals surface area contributed by atoms with Crippen LogP contribution in [0.2, 0.25) is 0 Å².